The van der Waals surface area contributed by atoms with Crippen LogP contribution in [0.4, 0.5) is 17.6 Å². The summed E-state index contributed by atoms with van der Waals surface area (Å²) in [5.41, 5.74) is 8.48. The molecule has 0 fully saturated rings. The van der Waals surface area contributed by atoms with Gasteiger partial charge in [0, 0.05) is 0 Å². The van der Waals surface area contributed by atoms with Crippen LogP contribution in [0.25, 0.3) is 115 Å². The molecule has 8 nitrogen and oxygen atoms in total. The first-order chi connectivity index (χ1) is 55.5. The van der Waals surface area contributed by atoms with Crippen LogP contribution >= 0.6 is 68.0 Å². The molecule has 12 rings (SSSR count). The molecule has 614 valence electrons. The molecule has 0 radical (unpaired) electrons. The van der Waals surface area contributed by atoms with Crippen LogP contribution < -0.4 is 18.9 Å². The Bertz CT molecular complexity index is 5020. The number of aromatic nitrogens is 4. The Labute approximate surface area is 712 Å². The van der Waals surface area contributed by atoms with Crippen LogP contribution in [-0.2, 0) is 12.8 Å². The Balaban J connectivity index is 1.02. The molecule has 0 aliphatic rings. The van der Waals surface area contributed by atoms with E-state index in [-0.39, 0.29) is 49.6 Å². The molecule has 6 unspecified atom stereocenters. The Morgan fingerprint density at radius 3 is 1.04 bits per heavy atom. The van der Waals surface area contributed by atoms with Crippen LogP contribution in [0.5, 0.6) is 23.0 Å². The summed E-state index contributed by atoms with van der Waals surface area (Å²) in [5.74, 6) is 3.00. The van der Waals surface area contributed by atoms with E-state index in [9.17, 15) is 0 Å². The standard InChI is InChI=1S/C94H118F4N4O4S6Se2/c1-15-27-33-57(21-7)44-75-69(97)49-78(110-75)80-65-43-55(13)107-93(65)81(79-50-70(98)76(111-79)45-58(22-8)34-28-16-2)66-48-77(112-94(66)80)84-88-87(101-114-102-88)83(91(105-53-61(25-11)37-31-19-5)92(84)106-54-62(26-12)38-32-20-6)74-42-40-72(109-74)64-47-67(95)63(46-68(64)96)71-39-41-73(108-71)82-86-85(99-113-100-86)56(14)89(103-51-59(23-9)35-29-17-3)90(82)104-52-60(24-10)36-30-18-4/h39-43,46-50,57-62H,15-38,44-45,51-54H2,1-14H3. The van der Waals surface area contributed by atoms with Gasteiger partial charge >= 0.3 is 640 Å². The zero-order valence-electron chi connectivity index (χ0n) is 69.7. The van der Waals surface area contributed by atoms with Gasteiger partial charge in [-0.2, -0.15) is 0 Å². The van der Waals surface area contributed by atoms with E-state index in [4.69, 9.17) is 34.9 Å². The number of ether oxygens (including phenoxy) is 4. The number of hydrogen-bond donors (Lipinski definition) is 0. The van der Waals surface area contributed by atoms with Crippen LogP contribution in [0.1, 0.15) is 257 Å². The number of unbranched alkanes of at least 4 members (excludes halogenated alkanes) is 6. The number of fused-ring (bicyclic) bond motifs is 4. The topological polar surface area (TPSA) is 88.5 Å². The summed E-state index contributed by atoms with van der Waals surface area (Å²) >= 11 is 8.39. The SMILES string of the molecule is CCCCC(CC)COc1c(OCC(CC)CCCC)c(-c2ccc(-c3cc(F)c(-c4ccc(-c5c(OCC(CC)CCCC)c(OCC(CC)CCCC)c(-c6cc7c(-c8cc(F)c(CC(CC)CCCC)s8)c8sc(C)cc8c(-c8cc(F)c(CC(CC)CCCC)s8)c7s6)c6n[se]nc56)s4)cc3F)s2)c2n[se]nc2c1C. The summed E-state index contributed by atoms with van der Waals surface area (Å²) in [4.78, 5) is 8.08. The Hall–Kier alpha value is -5.24. The molecule has 6 atom stereocenters. The molecule has 0 spiro atoms. The van der Waals surface area contributed by atoms with Gasteiger partial charge in [0.1, 0.15) is 0 Å². The second-order valence-corrected chi connectivity index (χ2v) is 40.7. The molecular formula is C94H118F4N4O4S6Se2. The van der Waals surface area contributed by atoms with Crippen molar-refractivity contribution in [2.24, 2.45) is 35.5 Å². The van der Waals surface area contributed by atoms with Crippen LogP contribution in [0.3, 0.4) is 0 Å². The molecule has 114 heavy (non-hydrogen) atoms. The van der Waals surface area contributed by atoms with Gasteiger partial charge in [-0.05, 0) is 0 Å². The third-order valence-electron chi connectivity index (χ3n) is 23.7. The van der Waals surface area contributed by atoms with Gasteiger partial charge < -0.3 is 0 Å². The van der Waals surface area contributed by atoms with E-state index in [1.54, 1.807) is 57.5 Å². The van der Waals surface area contributed by atoms with E-state index >= 15 is 17.6 Å². The summed E-state index contributed by atoms with van der Waals surface area (Å²) in [6.45, 7) is 32.9. The van der Waals surface area contributed by atoms with Crippen LogP contribution in [0.2, 0.25) is 0 Å². The zero-order chi connectivity index (χ0) is 80.7. The van der Waals surface area contributed by atoms with Gasteiger partial charge in [0.2, 0.25) is 0 Å². The number of thiophene rings is 6. The average molecular weight is 1790 g/mol. The first kappa shape index (κ1) is 88.1. The van der Waals surface area contributed by atoms with Gasteiger partial charge in [-0.15, -0.1) is 0 Å². The molecular weight excluding hydrogens is 1680 g/mol. The van der Waals surface area contributed by atoms with Crippen molar-refractivity contribution < 1.29 is 36.5 Å². The minimum absolute atomic E-state index is 0.148. The van der Waals surface area contributed by atoms with Crippen molar-refractivity contribution in [2.45, 2.75) is 264 Å². The van der Waals surface area contributed by atoms with E-state index in [0.717, 1.165) is 258 Å². The van der Waals surface area contributed by atoms with Gasteiger partial charge in [0.15, 0.2) is 0 Å². The summed E-state index contributed by atoms with van der Waals surface area (Å²) in [6, 6.07) is 18.6. The molecule has 4 aromatic carbocycles. The molecule has 8 heterocycles. The van der Waals surface area contributed by atoms with Crippen LogP contribution in [0, 0.1) is 72.6 Å². The first-order valence-electron chi connectivity index (χ1n) is 42.9. The van der Waals surface area contributed by atoms with Crippen molar-refractivity contribution in [3.05, 3.63) is 104 Å². The molecule has 0 amide bonds. The van der Waals surface area contributed by atoms with E-state index in [1.165, 1.54) is 34.8 Å². The van der Waals surface area contributed by atoms with Gasteiger partial charge in [-0.1, -0.05) is 79.1 Å². The molecule has 20 heteroatoms. The van der Waals surface area contributed by atoms with Crippen molar-refractivity contribution in [1.29, 1.82) is 0 Å². The van der Waals surface area contributed by atoms with Gasteiger partial charge in [0.25, 0.3) is 0 Å². The number of aryl methyl sites for hydroxylation is 2. The maximum atomic E-state index is 17.7. The van der Waals surface area contributed by atoms with E-state index in [0.29, 0.717) is 107 Å². The molecule has 8 aromatic heterocycles. The summed E-state index contributed by atoms with van der Waals surface area (Å²) in [7, 11) is 0. The zero-order valence-corrected chi connectivity index (χ0v) is 78.0. The molecule has 0 saturated carbocycles. The number of benzene rings is 4. The summed E-state index contributed by atoms with van der Waals surface area (Å²) in [5, 5.41) is 2.01. The van der Waals surface area contributed by atoms with Crippen molar-refractivity contribution in [2.75, 3.05) is 26.4 Å². The fraction of sp³-hybridized carbons (Fsp3) is 0.532. The number of halogens is 4. The normalized spacial score (nSPS) is 13.7. The van der Waals surface area contributed by atoms with Crippen LogP contribution in [0.15, 0.2) is 60.7 Å². The van der Waals surface area contributed by atoms with Crippen molar-refractivity contribution in [1.82, 2.24) is 15.9 Å². The quantitative estimate of drug-likeness (QED) is 0.0275. The van der Waals surface area contributed by atoms with Gasteiger partial charge in [-0.3, -0.25) is 0 Å². The fourth-order valence-electron chi connectivity index (χ4n) is 16.1. The van der Waals surface area contributed by atoms with Crippen molar-refractivity contribution in [3.8, 4) is 96.1 Å². The molecule has 0 N–H and O–H groups in total. The number of nitrogens with zero attached hydrogens (tertiary/aromatic N) is 4. The third-order valence-corrected chi connectivity index (χ3v) is 32.7. The summed E-state index contributed by atoms with van der Waals surface area (Å²) < 4.78 is 121. The predicted molar refractivity (Wildman–Crippen MR) is 485 cm³/mol. The second-order valence-electron chi connectivity index (χ2n) is 31.7. The molecule has 0 saturated heterocycles. The third kappa shape index (κ3) is 19.9. The first-order valence-corrected chi connectivity index (χ1v) is 50.8. The van der Waals surface area contributed by atoms with E-state index in [1.807, 2.05) is 24.3 Å². The Kier molecular flexibility index (Phi) is 32.5. The average Bonchev–Trinajstić information content (AvgIpc) is 1.53. The predicted octanol–water partition coefficient (Wildman–Crippen LogP) is 31.1. The molecule has 0 bridgehead atoms. The molecule has 0 aliphatic heterocycles. The Morgan fingerprint density at radius 1 is 0.325 bits per heavy atom. The van der Waals surface area contributed by atoms with Crippen molar-refractivity contribution >= 4 is 140 Å². The fourth-order valence-corrected chi connectivity index (χ4v) is 25.7. The Morgan fingerprint density at radius 2 is 0.649 bits per heavy atom. The minimum atomic E-state index is -0.577. The monoisotopic (exact) mass is 1790 g/mol. The molecule has 0 aliphatic carbocycles. The van der Waals surface area contributed by atoms with E-state index in [2.05, 4.69) is 109 Å². The number of rotatable bonds is 47. The van der Waals surface area contributed by atoms with Crippen LogP contribution in [-0.4, -0.2) is 72.3 Å². The molecule has 12 aromatic rings. The van der Waals surface area contributed by atoms with E-state index < -0.39 is 26.6 Å². The van der Waals surface area contributed by atoms with Gasteiger partial charge in [0.05, 0.1) is 0 Å². The van der Waals surface area contributed by atoms with Gasteiger partial charge in [-0.25, -0.2) is 0 Å². The summed E-state index contributed by atoms with van der Waals surface area (Å²) in [6.07, 6.45) is 26.5. The maximum absolute atomic E-state index is 17.7. The van der Waals surface area contributed by atoms with Crippen molar-refractivity contribution in [3.63, 3.8) is 0 Å². The number of hydrogen-bond acceptors (Lipinski definition) is 14. The second kappa shape index (κ2) is 42.1.